The van der Waals surface area contributed by atoms with Crippen molar-refractivity contribution in [2.75, 3.05) is 0 Å². The molecule has 2 N–H and O–H groups in total. The lowest BCUT2D eigenvalue weighted by molar-refractivity contribution is 0.343. The van der Waals surface area contributed by atoms with E-state index in [1.807, 2.05) is 0 Å². The molecule has 0 aliphatic heterocycles. The molecular weight excluding hydrogens is 218 g/mol. The first-order valence-electron chi connectivity index (χ1n) is 5.77. The van der Waals surface area contributed by atoms with E-state index >= 15 is 0 Å². The maximum atomic E-state index is 6.17. The highest BCUT2D eigenvalue weighted by Crippen LogP contribution is 2.27. The Hall–Kier alpha value is -0.530. The topological polar surface area (TPSA) is 26.0 Å². The average molecular weight is 242 g/mol. The molecule has 0 saturated carbocycles. The Bertz CT molecular complexity index is 298. The summed E-state index contributed by atoms with van der Waals surface area (Å²) in [5.41, 5.74) is 9.10. The molecule has 1 rings (SSSR count). The van der Waals surface area contributed by atoms with Crippen LogP contribution in [0.5, 0.6) is 0 Å². The highest BCUT2D eigenvalue weighted by molar-refractivity contribution is 5.85. The Morgan fingerprint density at radius 2 is 1.62 bits per heavy atom. The fourth-order valence-electron chi connectivity index (χ4n) is 1.78. The van der Waals surface area contributed by atoms with Crippen LogP contribution in [0.15, 0.2) is 24.3 Å². The van der Waals surface area contributed by atoms with E-state index in [1.54, 1.807) is 0 Å². The van der Waals surface area contributed by atoms with Crippen molar-refractivity contribution in [3.05, 3.63) is 35.4 Å². The van der Waals surface area contributed by atoms with Gasteiger partial charge in [0.2, 0.25) is 0 Å². The van der Waals surface area contributed by atoms with Crippen LogP contribution in [0.2, 0.25) is 0 Å². The predicted octanol–water partition coefficient (Wildman–Crippen LogP) is 4.11. The number of halogens is 1. The quantitative estimate of drug-likeness (QED) is 0.847. The van der Waals surface area contributed by atoms with Crippen molar-refractivity contribution >= 4 is 12.4 Å². The monoisotopic (exact) mass is 241 g/mol. The van der Waals surface area contributed by atoms with Crippen LogP contribution >= 0.6 is 12.4 Å². The third-order valence-corrected chi connectivity index (χ3v) is 2.65. The molecule has 1 aromatic rings. The van der Waals surface area contributed by atoms with Crippen molar-refractivity contribution in [2.24, 2.45) is 11.1 Å². The molecule has 0 amide bonds. The van der Waals surface area contributed by atoms with Crippen LogP contribution in [0.1, 0.15) is 51.3 Å². The Kier molecular flexibility index (Phi) is 6.06. The Morgan fingerprint density at radius 3 is 2.00 bits per heavy atom. The van der Waals surface area contributed by atoms with Gasteiger partial charge in [0.05, 0.1) is 0 Å². The fraction of sp³-hybridized carbons (Fsp3) is 0.571. The molecular formula is C14H24ClN. The van der Waals surface area contributed by atoms with Gasteiger partial charge in [-0.05, 0) is 29.4 Å². The molecule has 0 saturated heterocycles. The largest absolute Gasteiger partial charge is 0.324 e. The van der Waals surface area contributed by atoms with E-state index < -0.39 is 0 Å². The van der Waals surface area contributed by atoms with E-state index in [1.165, 1.54) is 11.1 Å². The van der Waals surface area contributed by atoms with Crippen LogP contribution in [0.3, 0.4) is 0 Å². The van der Waals surface area contributed by atoms with Gasteiger partial charge in [-0.3, -0.25) is 0 Å². The molecule has 1 atom stereocenters. The van der Waals surface area contributed by atoms with Gasteiger partial charge in [0.25, 0.3) is 0 Å². The van der Waals surface area contributed by atoms with E-state index in [0.717, 1.165) is 12.8 Å². The molecule has 0 spiro atoms. The first kappa shape index (κ1) is 15.5. The number of benzene rings is 1. The third kappa shape index (κ3) is 5.00. The van der Waals surface area contributed by atoms with Gasteiger partial charge in [-0.2, -0.15) is 0 Å². The van der Waals surface area contributed by atoms with Crippen molar-refractivity contribution in [2.45, 2.75) is 46.6 Å². The third-order valence-electron chi connectivity index (χ3n) is 2.65. The van der Waals surface area contributed by atoms with Crippen molar-refractivity contribution in [1.29, 1.82) is 0 Å². The van der Waals surface area contributed by atoms with Gasteiger partial charge >= 0.3 is 0 Å². The van der Waals surface area contributed by atoms with Crippen LogP contribution in [0, 0.1) is 5.41 Å². The van der Waals surface area contributed by atoms with Gasteiger partial charge in [0.15, 0.2) is 0 Å². The summed E-state index contributed by atoms with van der Waals surface area (Å²) in [6.45, 7) is 8.86. The molecule has 0 heterocycles. The molecule has 0 bridgehead atoms. The molecule has 2 heteroatoms. The number of hydrogen-bond acceptors (Lipinski definition) is 1. The summed E-state index contributed by atoms with van der Waals surface area (Å²) in [6, 6.07) is 8.84. The lowest BCUT2D eigenvalue weighted by Gasteiger charge is -2.23. The Balaban J connectivity index is 0.00000225. The van der Waals surface area contributed by atoms with Crippen LogP contribution in [-0.2, 0) is 6.42 Å². The van der Waals surface area contributed by atoms with Crippen molar-refractivity contribution < 1.29 is 0 Å². The second kappa shape index (κ2) is 6.27. The molecule has 1 nitrogen and oxygen atoms in total. The molecule has 0 radical (unpaired) electrons. The van der Waals surface area contributed by atoms with E-state index in [2.05, 4.69) is 52.0 Å². The van der Waals surface area contributed by atoms with Crippen molar-refractivity contribution in [3.63, 3.8) is 0 Å². The van der Waals surface area contributed by atoms with Crippen LogP contribution < -0.4 is 5.73 Å². The standard InChI is InChI=1S/C14H23N.ClH/c1-5-11-6-8-12(9-7-11)13(15)10-14(2,3)4;/h6-9,13H,5,10,15H2,1-4H3;1H. The molecule has 1 aromatic carbocycles. The van der Waals surface area contributed by atoms with E-state index in [0.29, 0.717) is 5.41 Å². The second-order valence-electron chi connectivity index (χ2n) is 5.47. The number of rotatable bonds is 3. The minimum absolute atomic E-state index is 0. The van der Waals surface area contributed by atoms with Gasteiger partial charge in [-0.1, -0.05) is 52.0 Å². The Morgan fingerprint density at radius 1 is 1.12 bits per heavy atom. The van der Waals surface area contributed by atoms with E-state index in [4.69, 9.17) is 5.73 Å². The SMILES string of the molecule is CCc1ccc(C(N)CC(C)(C)C)cc1.Cl. The molecule has 0 aliphatic rings. The molecule has 1 unspecified atom stereocenters. The zero-order valence-electron chi connectivity index (χ0n) is 10.8. The highest BCUT2D eigenvalue weighted by Gasteiger charge is 2.16. The number of nitrogens with two attached hydrogens (primary N) is 1. The lowest BCUT2D eigenvalue weighted by atomic mass is 9.86. The smallest absolute Gasteiger partial charge is 0.0299 e. The zero-order valence-corrected chi connectivity index (χ0v) is 11.6. The van der Waals surface area contributed by atoms with Crippen LogP contribution in [0.25, 0.3) is 0 Å². The van der Waals surface area contributed by atoms with Crippen LogP contribution in [0.4, 0.5) is 0 Å². The summed E-state index contributed by atoms with van der Waals surface area (Å²) >= 11 is 0. The van der Waals surface area contributed by atoms with E-state index in [9.17, 15) is 0 Å². The maximum Gasteiger partial charge on any atom is 0.0299 e. The first-order chi connectivity index (χ1) is 6.92. The fourth-order valence-corrected chi connectivity index (χ4v) is 1.78. The van der Waals surface area contributed by atoms with Crippen molar-refractivity contribution in [1.82, 2.24) is 0 Å². The second-order valence-corrected chi connectivity index (χ2v) is 5.47. The molecule has 0 fully saturated rings. The van der Waals surface area contributed by atoms with Gasteiger partial charge in [0, 0.05) is 6.04 Å². The lowest BCUT2D eigenvalue weighted by Crippen LogP contribution is -2.18. The molecule has 0 aliphatic carbocycles. The number of hydrogen-bond donors (Lipinski definition) is 1. The molecule has 92 valence electrons. The summed E-state index contributed by atoms with van der Waals surface area (Å²) < 4.78 is 0. The molecule has 16 heavy (non-hydrogen) atoms. The van der Waals surface area contributed by atoms with Gasteiger partial charge < -0.3 is 5.73 Å². The first-order valence-corrected chi connectivity index (χ1v) is 5.77. The maximum absolute atomic E-state index is 6.17. The summed E-state index contributed by atoms with van der Waals surface area (Å²) in [6.07, 6.45) is 2.12. The molecule has 0 aromatic heterocycles. The normalized spacial score (nSPS) is 13.1. The van der Waals surface area contributed by atoms with Crippen LogP contribution in [-0.4, -0.2) is 0 Å². The Labute approximate surface area is 106 Å². The van der Waals surface area contributed by atoms with E-state index in [-0.39, 0.29) is 18.4 Å². The summed E-state index contributed by atoms with van der Waals surface area (Å²) in [5, 5.41) is 0. The number of aryl methyl sites for hydroxylation is 1. The summed E-state index contributed by atoms with van der Waals surface area (Å²) in [5.74, 6) is 0. The zero-order chi connectivity index (χ0) is 11.5. The van der Waals surface area contributed by atoms with Crippen molar-refractivity contribution in [3.8, 4) is 0 Å². The summed E-state index contributed by atoms with van der Waals surface area (Å²) in [4.78, 5) is 0. The highest BCUT2D eigenvalue weighted by atomic mass is 35.5. The summed E-state index contributed by atoms with van der Waals surface area (Å²) in [7, 11) is 0. The van der Waals surface area contributed by atoms with Gasteiger partial charge in [-0.25, -0.2) is 0 Å². The average Bonchev–Trinajstić information content (AvgIpc) is 2.15. The minimum atomic E-state index is 0. The van der Waals surface area contributed by atoms with Gasteiger partial charge in [0.1, 0.15) is 0 Å². The van der Waals surface area contributed by atoms with Gasteiger partial charge in [-0.15, -0.1) is 12.4 Å². The minimum Gasteiger partial charge on any atom is -0.324 e. The predicted molar refractivity (Wildman–Crippen MR) is 74.1 cm³/mol.